The van der Waals surface area contributed by atoms with Crippen LogP contribution in [0.25, 0.3) is 0 Å². The number of rotatable bonds is 6. The molecule has 1 atom stereocenters. The first-order valence-corrected chi connectivity index (χ1v) is 7.90. The van der Waals surface area contributed by atoms with E-state index < -0.39 is 0 Å². The summed E-state index contributed by atoms with van der Waals surface area (Å²) in [6.07, 6.45) is 0.314. The Balaban J connectivity index is 1.81. The van der Waals surface area contributed by atoms with Crippen LogP contribution in [0.4, 0.5) is 0 Å². The molecular weight excluding hydrogens is 262 g/mol. The number of hydrogen-bond donors (Lipinski definition) is 1. The molecule has 2 N–H and O–H groups in total. The third kappa shape index (κ3) is 5.08. The highest BCUT2D eigenvalue weighted by molar-refractivity contribution is 5.22. The van der Waals surface area contributed by atoms with Crippen LogP contribution in [0.3, 0.4) is 0 Å². The topological polar surface area (TPSA) is 41.7 Å². The largest absolute Gasteiger partial charge is 0.374 e. The number of nitrogens with zero attached hydrogens (tertiary/aromatic N) is 2. The third-order valence-electron chi connectivity index (χ3n) is 4.13. The van der Waals surface area contributed by atoms with Gasteiger partial charge < -0.3 is 10.5 Å². The number of benzene rings is 1. The molecule has 1 aromatic carbocycles. The van der Waals surface area contributed by atoms with Crippen LogP contribution in [0.5, 0.6) is 0 Å². The van der Waals surface area contributed by atoms with Crippen molar-refractivity contribution in [3.8, 4) is 0 Å². The first kappa shape index (κ1) is 16.4. The average molecular weight is 291 g/mol. The van der Waals surface area contributed by atoms with Crippen molar-refractivity contribution in [3.05, 3.63) is 35.4 Å². The Morgan fingerprint density at radius 2 is 1.95 bits per heavy atom. The smallest absolute Gasteiger partial charge is 0.0829 e. The number of morpholine rings is 1. The molecule has 1 aromatic rings. The minimum absolute atomic E-state index is 0.314. The van der Waals surface area contributed by atoms with Crippen LogP contribution in [0.2, 0.25) is 0 Å². The van der Waals surface area contributed by atoms with E-state index in [0.29, 0.717) is 18.7 Å². The Morgan fingerprint density at radius 1 is 1.29 bits per heavy atom. The summed E-state index contributed by atoms with van der Waals surface area (Å²) < 4.78 is 5.90. The second-order valence-electron chi connectivity index (χ2n) is 6.30. The van der Waals surface area contributed by atoms with Gasteiger partial charge in [0.25, 0.3) is 0 Å². The molecule has 0 amide bonds. The van der Waals surface area contributed by atoms with Crippen LogP contribution in [-0.2, 0) is 17.8 Å². The molecule has 1 aliphatic rings. The molecule has 0 bridgehead atoms. The van der Waals surface area contributed by atoms with Gasteiger partial charge in [0.1, 0.15) is 0 Å². The zero-order valence-corrected chi connectivity index (χ0v) is 13.6. The van der Waals surface area contributed by atoms with Gasteiger partial charge in [-0.1, -0.05) is 24.3 Å². The van der Waals surface area contributed by atoms with E-state index in [4.69, 9.17) is 10.5 Å². The molecule has 0 aromatic heterocycles. The number of nitrogens with two attached hydrogens (primary N) is 1. The van der Waals surface area contributed by atoms with E-state index >= 15 is 0 Å². The van der Waals surface area contributed by atoms with Crippen molar-refractivity contribution < 1.29 is 4.74 Å². The second kappa shape index (κ2) is 7.90. The fourth-order valence-corrected chi connectivity index (χ4v) is 2.83. The minimum atomic E-state index is 0.314. The van der Waals surface area contributed by atoms with E-state index in [-0.39, 0.29) is 0 Å². The van der Waals surface area contributed by atoms with Gasteiger partial charge in [0, 0.05) is 38.8 Å². The number of ether oxygens (including phenoxy) is 1. The summed E-state index contributed by atoms with van der Waals surface area (Å²) in [6, 6.07) is 9.16. The molecule has 118 valence electrons. The predicted octanol–water partition coefficient (Wildman–Crippen LogP) is 1.69. The molecule has 1 aliphatic heterocycles. The van der Waals surface area contributed by atoms with Gasteiger partial charge in [-0.15, -0.1) is 0 Å². The van der Waals surface area contributed by atoms with Gasteiger partial charge in [0.15, 0.2) is 0 Å². The van der Waals surface area contributed by atoms with E-state index in [1.54, 1.807) is 0 Å². The molecule has 0 spiro atoms. The van der Waals surface area contributed by atoms with Crippen LogP contribution in [0, 0.1) is 0 Å². The van der Waals surface area contributed by atoms with Crippen molar-refractivity contribution in [1.82, 2.24) is 9.80 Å². The maximum Gasteiger partial charge on any atom is 0.0829 e. The molecular formula is C17H29N3O. The summed E-state index contributed by atoms with van der Waals surface area (Å²) in [5.41, 5.74) is 8.14. The Hall–Kier alpha value is -0.940. The first-order valence-electron chi connectivity index (χ1n) is 7.90. The number of hydrogen-bond acceptors (Lipinski definition) is 4. The van der Waals surface area contributed by atoms with Gasteiger partial charge in [0.05, 0.1) is 12.7 Å². The highest BCUT2D eigenvalue weighted by atomic mass is 16.5. The minimum Gasteiger partial charge on any atom is -0.374 e. The molecule has 4 heteroatoms. The third-order valence-corrected chi connectivity index (χ3v) is 4.13. The molecule has 2 rings (SSSR count). The van der Waals surface area contributed by atoms with Gasteiger partial charge in [0.2, 0.25) is 0 Å². The summed E-state index contributed by atoms with van der Waals surface area (Å²) in [6.45, 7) is 9.98. The molecule has 1 heterocycles. The molecule has 1 fully saturated rings. The summed E-state index contributed by atoms with van der Waals surface area (Å²) in [4.78, 5) is 4.84. The lowest BCUT2D eigenvalue weighted by Crippen LogP contribution is -2.49. The molecule has 0 aliphatic carbocycles. The van der Waals surface area contributed by atoms with E-state index in [9.17, 15) is 0 Å². The summed E-state index contributed by atoms with van der Waals surface area (Å²) in [7, 11) is 2.16. The van der Waals surface area contributed by atoms with Gasteiger partial charge in [-0.3, -0.25) is 9.80 Å². The summed E-state index contributed by atoms with van der Waals surface area (Å²) in [5.74, 6) is 0. The quantitative estimate of drug-likeness (QED) is 0.866. The molecule has 0 radical (unpaired) electrons. The van der Waals surface area contributed by atoms with Crippen molar-refractivity contribution in [2.45, 2.75) is 39.1 Å². The average Bonchev–Trinajstić information content (AvgIpc) is 2.48. The zero-order valence-electron chi connectivity index (χ0n) is 13.6. The Labute approximate surface area is 128 Å². The number of likely N-dealkylation sites (N-methyl/N-ethyl adjacent to an activating group) is 1. The normalized spacial score (nSPS) is 20.4. The second-order valence-corrected chi connectivity index (χ2v) is 6.30. The lowest BCUT2D eigenvalue weighted by atomic mass is 10.1. The van der Waals surface area contributed by atoms with Crippen molar-refractivity contribution in [3.63, 3.8) is 0 Å². The Kier molecular flexibility index (Phi) is 6.18. The molecule has 4 nitrogen and oxygen atoms in total. The Morgan fingerprint density at radius 3 is 2.57 bits per heavy atom. The van der Waals surface area contributed by atoms with E-state index in [1.807, 2.05) is 0 Å². The first-order chi connectivity index (χ1) is 10.1. The highest BCUT2D eigenvalue weighted by Gasteiger charge is 2.23. The van der Waals surface area contributed by atoms with Gasteiger partial charge in [-0.25, -0.2) is 0 Å². The van der Waals surface area contributed by atoms with Crippen LogP contribution in [-0.4, -0.2) is 55.2 Å². The van der Waals surface area contributed by atoms with Crippen LogP contribution >= 0.6 is 0 Å². The van der Waals surface area contributed by atoms with Crippen molar-refractivity contribution in [2.75, 3.05) is 33.3 Å². The van der Waals surface area contributed by atoms with Gasteiger partial charge in [-0.05, 0) is 32.0 Å². The van der Waals surface area contributed by atoms with Crippen molar-refractivity contribution in [1.29, 1.82) is 0 Å². The van der Waals surface area contributed by atoms with Crippen LogP contribution in [0.1, 0.15) is 25.0 Å². The molecule has 0 saturated carbocycles. The molecule has 1 saturated heterocycles. The lowest BCUT2D eigenvalue weighted by Gasteiger charge is -2.37. The lowest BCUT2D eigenvalue weighted by molar-refractivity contribution is -0.0502. The summed E-state index contributed by atoms with van der Waals surface area (Å²) in [5, 5.41) is 0. The standard InChI is InChI=1S/C17H29N3O/c1-14(2)20-8-9-21-17(13-20)12-19(3)11-16-6-4-15(10-18)5-7-16/h4-7,14,17H,8-13,18H2,1-3H3. The van der Waals surface area contributed by atoms with Gasteiger partial charge >= 0.3 is 0 Å². The molecule has 1 unspecified atom stereocenters. The van der Waals surface area contributed by atoms with Gasteiger partial charge in [-0.2, -0.15) is 0 Å². The van der Waals surface area contributed by atoms with E-state index in [0.717, 1.165) is 32.8 Å². The summed E-state index contributed by atoms with van der Waals surface area (Å²) >= 11 is 0. The fraction of sp³-hybridized carbons (Fsp3) is 0.647. The highest BCUT2D eigenvalue weighted by Crippen LogP contribution is 2.12. The molecule has 21 heavy (non-hydrogen) atoms. The van der Waals surface area contributed by atoms with Crippen molar-refractivity contribution in [2.24, 2.45) is 5.73 Å². The monoisotopic (exact) mass is 291 g/mol. The van der Waals surface area contributed by atoms with E-state index in [2.05, 4.69) is 55.0 Å². The Bertz CT molecular complexity index is 419. The van der Waals surface area contributed by atoms with Crippen LogP contribution < -0.4 is 5.73 Å². The predicted molar refractivity (Wildman–Crippen MR) is 87.1 cm³/mol. The zero-order chi connectivity index (χ0) is 15.2. The fourth-order valence-electron chi connectivity index (χ4n) is 2.83. The maximum absolute atomic E-state index is 5.90. The van der Waals surface area contributed by atoms with E-state index in [1.165, 1.54) is 11.1 Å². The maximum atomic E-state index is 5.90. The van der Waals surface area contributed by atoms with Crippen LogP contribution in [0.15, 0.2) is 24.3 Å². The SMILES string of the molecule is CC(C)N1CCOC(CN(C)Cc2ccc(CN)cc2)C1. The van der Waals surface area contributed by atoms with Crippen molar-refractivity contribution >= 4 is 0 Å².